The van der Waals surface area contributed by atoms with Crippen molar-refractivity contribution in [3.8, 4) is 0 Å². The molecule has 0 unspecified atom stereocenters. The maximum absolute atomic E-state index is 8.89. The van der Waals surface area contributed by atoms with Crippen molar-refractivity contribution >= 4 is 0 Å². The van der Waals surface area contributed by atoms with E-state index in [1.54, 1.807) is 0 Å². The van der Waals surface area contributed by atoms with E-state index < -0.39 is 5.60 Å². The molecule has 0 heterocycles. The Bertz CT molecular complexity index is 927. The van der Waals surface area contributed by atoms with Gasteiger partial charge in [0.1, 0.15) is 5.60 Å². The van der Waals surface area contributed by atoms with Gasteiger partial charge in [0.05, 0.1) is 6.61 Å². The Morgan fingerprint density at radius 2 is 1.24 bits per heavy atom. The van der Waals surface area contributed by atoms with E-state index in [0.717, 1.165) is 47.2 Å². The van der Waals surface area contributed by atoms with Crippen LogP contribution in [-0.2, 0) is 10.3 Å². The predicted molar refractivity (Wildman–Crippen MR) is 115 cm³/mol. The molecule has 0 amide bonds. The van der Waals surface area contributed by atoms with E-state index in [4.69, 9.17) is 10.3 Å². The van der Waals surface area contributed by atoms with Crippen molar-refractivity contribution < 1.29 is 4.74 Å². The number of hydrogen-bond acceptors (Lipinski definition) is 2. The smallest absolute Gasteiger partial charge is 0.144 e. The minimum atomic E-state index is -0.749. The monoisotopic (exact) mass is 381 g/mol. The lowest BCUT2D eigenvalue weighted by Gasteiger charge is -2.36. The summed E-state index contributed by atoms with van der Waals surface area (Å²) in [6.07, 6.45) is 2.72. The molecule has 0 atom stereocenters. The van der Waals surface area contributed by atoms with E-state index in [-0.39, 0.29) is 0 Å². The van der Waals surface area contributed by atoms with Crippen molar-refractivity contribution in [2.24, 2.45) is 5.11 Å². The average Bonchev–Trinajstić information content (AvgIpc) is 3.24. The summed E-state index contributed by atoms with van der Waals surface area (Å²) in [5.74, 6) is 0. The Morgan fingerprint density at radius 1 is 0.759 bits per heavy atom. The van der Waals surface area contributed by atoms with Gasteiger partial charge in [-0.2, -0.15) is 0 Å². The molecule has 3 aromatic carbocycles. The summed E-state index contributed by atoms with van der Waals surface area (Å²) in [4.78, 5) is 3.00. The second kappa shape index (κ2) is 8.78. The van der Waals surface area contributed by atoms with Crippen molar-refractivity contribution in [2.75, 3.05) is 6.61 Å². The number of rotatable bonds is 7. The van der Waals surface area contributed by atoms with Crippen LogP contribution in [0.2, 0.25) is 0 Å². The van der Waals surface area contributed by atoms with E-state index in [9.17, 15) is 0 Å². The molecule has 4 rings (SSSR count). The fraction of sp³-hybridized carbons (Fsp3) is 0.200. The highest BCUT2D eigenvalue weighted by atomic mass is 16.5. The van der Waals surface area contributed by atoms with Crippen LogP contribution in [0, 0.1) is 0 Å². The number of azide groups is 1. The Balaban J connectivity index is 1.86. The molecule has 0 aliphatic heterocycles. The summed E-state index contributed by atoms with van der Waals surface area (Å²) in [6, 6.07) is 31.0. The van der Waals surface area contributed by atoms with E-state index in [1.807, 2.05) is 54.6 Å². The zero-order valence-corrected chi connectivity index (χ0v) is 16.2. The van der Waals surface area contributed by atoms with Gasteiger partial charge in [0, 0.05) is 10.6 Å². The second-order valence-electron chi connectivity index (χ2n) is 7.16. The van der Waals surface area contributed by atoms with Crippen LogP contribution in [0.3, 0.4) is 0 Å². The first kappa shape index (κ1) is 19.0. The number of ether oxygens (including phenoxy) is 1. The third kappa shape index (κ3) is 3.81. The van der Waals surface area contributed by atoms with Gasteiger partial charge in [0.2, 0.25) is 0 Å². The lowest BCUT2D eigenvalue weighted by atomic mass is 9.80. The Labute approximate surface area is 171 Å². The topological polar surface area (TPSA) is 58.0 Å². The molecule has 3 aromatic rings. The van der Waals surface area contributed by atoms with Gasteiger partial charge in [-0.3, -0.25) is 0 Å². The van der Waals surface area contributed by atoms with E-state index >= 15 is 0 Å². The normalized spacial score (nSPS) is 13.9. The molecule has 144 valence electrons. The van der Waals surface area contributed by atoms with Crippen LogP contribution in [0.25, 0.3) is 10.4 Å². The minimum Gasteiger partial charge on any atom is -0.356 e. The largest absolute Gasteiger partial charge is 0.356 e. The SMILES string of the molecule is [N-]=[N+]=NC1=C(COC(c2ccccc2)(c2ccccc2)c2ccccc2)CCC1. The quantitative estimate of drug-likeness (QED) is 0.193. The zero-order chi connectivity index (χ0) is 19.9. The summed E-state index contributed by atoms with van der Waals surface area (Å²) in [6.45, 7) is 0.424. The highest BCUT2D eigenvalue weighted by Gasteiger charge is 2.38. The van der Waals surface area contributed by atoms with E-state index in [0.29, 0.717) is 6.61 Å². The molecule has 1 aliphatic carbocycles. The van der Waals surface area contributed by atoms with Crippen LogP contribution >= 0.6 is 0 Å². The van der Waals surface area contributed by atoms with Crippen LogP contribution in [0.5, 0.6) is 0 Å². The Kier molecular flexibility index (Phi) is 5.76. The first-order valence-electron chi connectivity index (χ1n) is 9.91. The average molecular weight is 381 g/mol. The van der Waals surface area contributed by atoms with Crippen molar-refractivity contribution in [3.05, 3.63) is 129 Å². The summed E-state index contributed by atoms with van der Waals surface area (Å²) in [5, 5.41) is 3.90. The lowest BCUT2D eigenvalue weighted by molar-refractivity contribution is 0.0268. The van der Waals surface area contributed by atoms with Gasteiger partial charge in [-0.05, 0) is 47.1 Å². The van der Waals surface area contributed by atoms with Gasteiger partial charge in [0.25, 0.3) is 0 Å². The fourth-order valence-electron chi connectivity index (χ4n) is 4.08. The molecule has 4 heteroatoms. The third-order valence-electron chi connectivity index (χ3n) is 5.47. The first-order chi connectivity index (χ1) is 14.3. The molecule has 0 N–H and O–H groups in total. The van der Waals surface area contributed by atoms with E-state index in [2.05, 4.69) is 46.4 Å². The summed E-state index contributed by atoms with van der Waals surface area (Å²) in [7, 11) is 0. The number of nitrogens with zero attached hydrogens (tertiary/aromatic N) is 3. The van der Waals surface area contributed by atoms with Crippen molar-refractivity contribution in [1.82, 2.24) is 0 Å². The Morgan fingerprint density at radius 3 is 1.69 bits per heavy atom. The van der Waals surface area contributed by atoms with Crippen molar-refractivity contribution in [3.63, 3.8) is 0 Å². The Hall–Kier alpha value is -3.33. The van der Waals surface area contributed by atoms with Gasteiger partial charge in [-0.25, -0.2) is 0 Å². The van der Waals surface area contributed by atoms with Crippen molar-refractivity contribution in [1.29, 1.82) is 0 Å². The molecule has 0 aromatic heterocycles. The number of allylic oxidation sites excluding steroid dienone is 1. The third-order valence-corrected chi connectivity index (χ3v) is 5.47. The van der Waals surface area contributed by atoms with Gasteiger partial charge in [0.15, 0.2) is 0 Å². The molecule has 0 spiro atoms. The standard InChI is InChI=1S/C25H23N3O/c26-28-27-24-18-10-11-20(24)19-29-25(21-12-4-1-5-13-21,22-14-6-2-7-15-22)23-16-8-3-9-17-23/h1-9,12-17H,10-11,18-19H2. The number of hydrogen-bond donors (Lipinski definition) is 0. The van der Waals surface area contributed by atoms with Gasteiger partial charge < -0.3 is 4.74 Å². The van der Waals surface area contributed by atoms with Crippen LogP contribution in [0.1, 0.15) is 36.0 Å². The van der Waals surface area contributed by atoms with Gasteiger partial charge in [-0.1, -0.05) is 96.1 Å². The summed E-state index contributed by atoms with van der Waals surface area (Å²) in [5.41, 5.74) is 13.3. The molecule has 0 bridgehead atoms. The summed E-state index contributed by atoms with van der Waals surface area (Å²) >= 11 is 0. The fourth-order valence-corrected chi connectivity index (χ4v) is 4.08. The van der Waals surface area contributed by atoms with Crippen molar-refractivity contribution in [2.45, 2.75) is 24.9 Å². The van der Waals surface area contributed by atoms with Gasteiger partial charge in [-0.15, -0.1) is 0 Å². The first-order valence-corrected chi connectivity index (χ1v) is 9.91. The summed E-state index contributed by atoms with van der Waals surface area (Å²) < 4.78 is 6.81. The minimum absolute atomic E-state index is 0.424. The molecule has 0 saturated heterocycles. The molecular formula is C25H23N3O. The maximum Gasteiger partial charge on any atom is 0.144 e. The molecule has 0 saturated carbocycles. The molecule has 4 nitrogen and oxygen atoms in total. The van der Waals surface area contributed by atoms with E-state index in [1.165, 1.54) is 0 Å². The van der Waals surface area contributed by atoms with Gasteiger partial charge >= 0.3 is 0 Å². The second-order valence-corrected chi connectivity index (χ2v) is 7.16. The molecule has 0 radical (unpaired) electrons. The molecular weight excluding hydrogens is 358 g/mol. The highest BCUT2D eigenvalue weighted by Crippen LogP contribution is 2.41. The zero-order valence-electron chi connectivity index (χ0n) is 16.2. The lowest BCUT2D eigenvalue weighted by Crippen LogP contribution is -2.33. The highest BCUT2D eigenvalue weighted by molar-refractivity contribution is 5.47. The maximum atomic E-state index is 8.89. The van der Waals surface area contributed by atoms with Crippen LogP contribution in [-0.4, -0.2) is 6.61 Å². The molecule has 0 fully saturated rings. The van der Waals surface area contributed by atoms with Crippen LogP contribution in [0.4, 0.5) is 0 Å². The molecule has 29 heavy (non-hydrogen) atoms. The predicted octanol–water partition coefficient (Wildman–Crippen LogP) is 6.74. The number of benzene rings is 3. The van der Waals surface area contributed by atoms with Crippen LogP contribution in [0.15, 0.2) is 107 Å². The van der Waals surface area contributed by atoms with Crippen LogP contribution < -0.4 is 0 Å². The molecule has 1 aliphatic rings.